The molecule has 2 fully saturated rings. The van der Waals surface area contributed by atoms with E-state index in [1.54, 1.807) is 0 Å². The van der Waals surface area contributed by atoms with Crippen molar-refractivity contribution in [1.29, 1.82) is 0 Å². The van der Waals surface area contributed by atoms with Gasteiger partial charge in [0.1, 0.15) is 0 Å². The first-order valence-electron chi connectivity index (χ1n) is 9.85. The maximum absolute atomic E-state index is 12.6. The van der Waals surface area contributed by atoms with Crippen LogP contribution >= 0.6 is 0 Å². The van der Waals surface area contributed by atoms with E-state index in [0.717, 1.165) is 12.3 Å². The molecule has 1 atom stereocenters. The lowest BCUT2D eigenvalue weighted by molar-refractivity contribution is 0.197. The van der Waals surface area contributed by atoms with Crippen LogP contribution in [0.2, 0.25) is 0 Å². The number of aromatic nitrogens is 2. The molecule has 1 aliphatic carbocycles. The molecule has 1 aromatic carbocycles. The summed E-state index contributed by atoms with van der Waals surface area (Å²) in [5, 5.41) is 2.81. The predicted octanol–water partition coefficient (Wildman–Crippen LogP) is 4.32. The van der Waals surface area contributed by atoms with Crippen molar-refractivity contribution in [2.24, 2.45) is 5.92 Å². The number of amides is 2. The van der Waals surface area contributed by atoms with Gasteiger partial charge >= 0.3 is 6.03 Å². The zero-order chi connectivity index (χ0) is 19.5. The smallest absolute Gasteiger partial charge is 0.323 e. The van der Waals surface area contributed by atoms with Gasteiger partial charge in [-0.1, -0.05) is 42.8 Å². The number of anilines is 1. The number of likely N-dealkylation sites (tertiary alicyclic amines) is 1. The summed E-state index contributed by atoms with van der Waals surface area (Å²) in [6, 6.07) is 8.74. The van der Waals surface area contributed by atoms with E-state index in [0.29, 0.717) is 30.7 Å². The fraction of sp³-hybridized carbons (Fsp3) is 0.409. The molecule has 0 radical (unpaired) electrons. The Balaban J connectivity index is 1.37. The number of benzene rings is 1. The summed E-state index contributed by atoms with van der Waals surface area (Å²) in [5.74, 6) is 1.94. The molecule has 1 saturated heterocycles. The average Bonchev–Trinajstić information content (AvgIpc) is 3.56. The summed E-state index contributed by atoms with van der Waals surface area (Å²) in [6.07, 6.45) is 8.82. The van der Waals surface area contributed by atoms with Gasteiger partial charge in [-0.25, -0.2) is 14.8 Å². The Morgan fingerprint density at radius 2 is 2.14 bits per heavy atom. The maximum atomic E-state index is 12.6. The minimum atomic E-state index is -0.138. The van der Waals surface area contributed by atoms with Crippen LogP contribution in [0.15, 0.2) is 42.2 Å². The molecular weight excluding hydrogens is 352 g/mol. The predicted molar refractivity (Wildman–Crippen MR) is 109 cm³/mol. The molecule has 28 heavy (non-hydrogen) atoms. The van der Waals surface area contributed by atoms with E-state index in [4.69, 9.17) is 4.74 Å². The normalized spacial score (nSPS) is 20.9. The van der Waals surface area contributed by atoms with Gasteiger partial charge in [0.2, 0.25) is 5.88 Å². The molecule has 1 saturated carbocycles. The second-order valence-electron chi connectivity index (χ2n) is 7.63. The average molecular weight is 378 g/mol. The first-order valence-corrected chi connectivity index (χ1v) is 9.85. The van der Waals surface area contributed by atoms with Gasteiger partial charge in [0.05, 0.1) is 19.5 Å². The molecule has 1 aromatic heterocycles. The lowest BCUT2D eigenvalue weighted by atomic mass is 9.91. The fourth-order valence-electron chi connectivity index (χ4n) is 3.66. The first-order chi connectivity index (χ1) is 13.6. The summed E-state index contributed by atoms with van der Waals surface area (Å²) in [7, 11) is 1.53. The zero-order valence-electron chi connectivity index (χ0n) is 16.4. The van der Waals surface area contributed by atoms with Crippen molar-refractivity contribution in [2.45, 2.75) is 32.1 Å². The number of piperidine rings is 1. The Labute approximate surface area is 165 Å². The van der Waals surface area contributed by atoms with Crippen molar-refractivity contribution in [3.8, 4) is 5.88 Å². The van der Waals surface area contributed by atoms with Gasteiger partial charge in [-0.2, -0.15) is 0 Å². The minimum Gasteiger partial charge on any atom is -0.480 e. The Kier molecular flexibility index (Phi) is 5.28. The number of nitrogens with zero attached hydrogens (tertiary/aromatic N) is 3. The lowest BCUT2D eigenvalue weighted by Gasteiger charge is -2.33. The first kappa shape index (κ1) is 18.5. The molecule has 6 heteroatoms. The molecule has 2 amide bonds. The van der Waals surface area contributed by atoms with Crippen LogP contribution in [0, 0.1) is 5.92 Å². The van der Waals surface area contributed by atoms with E-state index in [2.05, 4.69) is 52.5 Å². The number of nitrogens with one attached hydrogen (secondary N) is 1. The number of hydrogen-bond acceptors (Lipinski definition) is 4. The van der Waals surface area contributed by atoms with Crippen molar-refractivity contribution in [3.63, 3.8) is 0 Å². The highest BCUT2D eigenvalue weighted by atomic mass is 16.5. The molecule has 4 rings (SSSR count). The molecule has 2 aliphatic rings. The van der Waals surface area contributed by atoms with Gasteiger partial charge in [0.25, 0.3) is 0 Å². The van der Waals surface area contributed by atoms with Crippen LogP contribution in [0.5, 0.6) is 5.88 Å². The van der Waals surface area contributed by atoms with Crippen molar-refractivity contribution < 1.29 is 9.53 Å². The Morgan fingerprint density at radius 1 is 1.29 bits per heavy atom. The van der Waals surface area contributed by atoms with Gasteiger partial charge in [0.15, 0.2) is 5.82 Å². The molecule has 2 heterocycles. The Hall–Kier alpha value is -2.89. The summed E-state index contributed by atoms with van der Waals surface area (Å²) >= 11 is 0. The number of carbonyl (C=O) groups excluding carboxylic acids is 1. The fourth-order valence-corrected chi connectivity index (χ4v) is 3.66. The zero-order valence-corrected chi connectivity index (χ0v) is 16.4. The van der Waals surface area contributed by atoms with Gasteiger partial charge in [0, 0.05) is 13.1 Å². The number of ether oxygens (including phenoxy) is 1. The van der Waals surface area contributed by atoms with Crippen LogP contribution in [0.3, 0.4) is 0 Å². The lowest BCUT2D eigenvalue weighted by Crippen LogP contribution is -2.42. The highest BCUT2D eigenvalue weighted by molar-refractivity contribution is 5.88. The molecule has 2 aromatic rings. The second kappa shape index (κ2) is 8.00. The topological polar surface area (TPSA) is 67.3 Å². The van der Waals surface area contributed by atoms with Gasteiger partial charge in [-0.05, 0) is 42.2 Å². The van der Waals surface area contributed by atoms with E-state index in [1.165, 1.54) is 49.0 Å². The SMILES string of the molecule is COc1cnc(NC(=O)N2CCC(=Cc3cccc(C4CC4)c3)C(C)C2)cn1. The van der Waals surface area contributed by atoms with E-state index in [-0.39, 0.29) is 6.03 Å². The van der Waals surface area contributed by atoms with E-state index >= 15 is 0 Å². The molecule has 0 bridgehead atoms. The molecule has 1 unspecified atom stereocenters. The third-order valence-corrected chi connectivity index (χ3v) is 5.47. The van der Waals surface area contributed by atoms with Crippen LogP contribution < -0.4 is 10.1 Å². The highest BCUT2D eigenvalue weighted by Crippen LogP contribution is 2.40. The largest absolute Gasteiger partial charge is 0.480 e. The number of hydrogen-bond donors (Lipinski definition) is 1. The van der Waals surface area contributed by atoms with Crippen LogP contribution in [0.4, 0.5) is 10.6 Å². The molecule has 0 spiro atoms. The van der Waals surface area contributed by atoms with Crippen molar-refractivity contribution in [1.82, 2.24) is 14.9 Å². The minimum absolute atomic E-state index is 0.138. The van der Waals surface area contributed by atoms with E-state index < -0.39 is 0 Å². The third kappa shape index (κ3) is 4.32. The summed E-state index contributed by atoms with van der Waals surface area (Å²) < 4.78 is 4.99. The molecule has 1 N–H and O–H groups in total. The summed E-state index contributed by atoms with van der Waals surface area (Å²) in [6.45, 7) is 3.58. The Morgan fingerprint density at radius 3 is 2.82 bits per heavy atom. The quantitative estimate of drug-likeness (QED) is 0.860. The van der Waals surface area contributed by atoms with Crippen LogP contribution in [0.1, 0.15) is 43.2 Å². The van der Waals surface area contributed by atoms with Crippen molar-refractivity contribution >= 4 is 17.9 Å². The second-order valence-corrected chi connectivity index (χ2v) is 7.63. The molecule has 6 nitrogen and oxygen atoms in total. The van der Waals surface area contributed by atoms with E-state index in [1.807, 2.05) is 4.90 Å². The standard InChI is InChI=1S/C22H26N4O2/c1-15-14-26(22(27)25-20-12-24-21(28-2)13-23-20)9-8-18(15)10-16-4-3-5-19(11-16)17-6-7-17/h3-5,10-13,15,17H,6-9,14H2,1-2H3,(H,23,25,27). The Bertz CT molecular complexity index is 874. The van der Waals surface area contributed by atoms with Crippen molar-refractivity contribution in [3.05, 3.63) is 53.4 Å². The maximum Gasteiger partial charge on any atom is 0.323 e. The van der Waals surface area contributed by atoms with Crippen molar-refractivity contribution in [2.75, 3.05) is 25.5 Å². The monoisotopic (exact) mass is 378 g/mol. The van der Waals surface area contributed by atoms with Crippen LogP contribution in [0.25, 0.3) is 6.08 Å². The summed E-state index contributed by atoms with van der Waals surface area (Å²) in [5.41, 5.74) is 4.14. The van der Waals surface area contributed by atoms with Crippen LogP contribution in [-0.2, 0) is 0 Å². The summed E-state index contributed by atoms with van der Waals surface area (Å²) in [4.78, 5) is 22.6. The number of rotatable bonds is 4. The van der Waals surface area contributed by atoms with Crippen LogP contribution in [-0.4, -0.2) is 41.1 Å². The van der Waals surface area contributed by atoms with E-state index in [9.17, 15) is 4.79 Å². The molecule has 1 aliphatic heterocycles. The van der Waals surface area contributed by atoms with Gasteiger partial charge < -0.3 is 9.64 Å². The highest BCUT2D eigenvalue weighted by Gasteiger charge is 2.25. The van der Waals surface area contributed by atoms with Gasteiger partial charge in [-0.3, -0.25) is 5.32 Å². The third-order valence-electron chi connectivity index (χ3n) is 5.47. The molecule has 146 valence electrons. The number of methoxy groups -OCH3 is 1. The number of urea groups is 1. The van der Waals surface area contributed by atoms with Gasteiger partial charge in [-0.15, -0.1) is 0 Å². The molecular formula is C22H26N4O2. The number of carbonyl (C=O) groups is 1.